The van der Waals surface area contributed by atoms with E-state index in [9.17, 15) is 4.79 Å². The van der Waals surface area contributed by atoms with Gasteiger partial charge in [-0.25, -0.2) is 0 Å². The molecule has 0 bridgehead atoms. The average molecular weight is 211 g/mol. The van der Waals surface area contributed by atoms with Crippen LogP contribution < -0.4 is 5.32 Å². The summed E-state index contributed by atoms with van der Waals surface area (Å²) in [4.78, 5) is 11.5. The van der Waals surface area contributed by atoms with Gasteiger partial charge in [0, 0.05) is 13.0 Å². The highest BCUT2D eigenvalue weighted by Crippen LogP contribution is 2.29. The Morgan fingerprint density at radius 1 is 1.33 bits per heavy atom. The van der Waals surface area contributed by atoms with Crippen LogP contribution in [-0.4, -0.2) is 13.0 Å². The van der Waals surface area contributed by atoms with E-state index in [4.69, 9.17) is 0 Å². The summed E-state index contributed by atoms with van der Waals surface area (Å²) >= 11 is 0. The molecule has 0 radical (unpaired) electrons. The van der Waals surface area contributed by atoms with Crippen LogP contribution in [0.4, 0.5) is 0 Å². The molecule has 15 heavy (non-hydrogen) atoms. The number of amides is 1. The monoisotopic (exact) mass is 211 g/mol. The van der Waals surface area contributed by atoms with Crippen LogP contribution in [0.2, 0.25) is 0 Å². The van der Waals surface area contributed by atoms with Gasteiger partial charge in [-0.3, -0.25) is 4.79 Å². The first-order valence-electron chi connectivity index (χ1n) is 6.49. The molecule has 2 nitrogen and oxygen atoms in total. The fourth-order valence-corrected chi connectivity index (χ4v) is 2.64. The second kappa shape index (κ2) is 6.86. The van der Waals surface area contributed by atoms with Crippen molar-refractivity contribution in [1.29, 1.82) is 0 Å². The van der Waals surface area contributed by atoms with E-state index in [1.54, 1.807) is 7.05 Å². The van der Waals surface area contributed by atoms with Gasteiger partial charge in [-0.1, -0.05) is 39.0 Å². The standard InChI is InChI=1S/C13H25NO/c1-3-12(13(15)14-2)10-9-11-7-5-4-6-8-11/h11-12H,3-10H2,1-2H3,(H,14,15). The van der Waals surface area contributed by atoms with E-state index in [1.165, 1.54) is 38.5 Å². The molecule has 1 aliphatic carbocycles. The van der Waals surface area contributed by atoms with Gasteiger partial charge in [-0.05, 0) is 25.2 Å². The fourth-order valence-electron chi connectivity index (χ4n) is 2.64. The molecule has 1 saturated carbocycles. The van der Waals surface area contributed by atoms with E-state index in [-0.39, 0.29) is 11.8 Å². The van der Waals surface area contributed by atoms with Crippen LogP contribution in [-0.2, 0) is 4.79 Å². The predicted molar refractivity (Wildman–Crippen MR) is 63.7 cm³/mol. The molecule has 1 rings (SSSR count). The van der Waals surface area contributed by atoms with Crippen LogP contribution in [0.15, 0.2) is 0 Å². The van der Waals surface area contributed by atoms with Gasteiger partial charge in [0.1, 0.15) is 0 Å². The lowest BCUT2D eigenvalue weighted by atomic mass is 9.83. The van der Waals surface area contributed by atoms with Gasteiger partial charge in [0.2, 0.25) is 5.91 Å². The number of carbonyl (C=O) groups excluding carboxylic acids is 1. The van der Waals surface area contributed by atoms with Gasteiger partial charge in [0.25, 0.3) is 0 Å². The summed E-state index contributed by atoms with van der Waals surface area (Å²) in [5.74, 6) is 1.38. The topological polar surface area (TPSA) is 29.1 Å². The van der Waals surface area contributed by atoms with E-state index in [0.717, 1.165) is 18.8 Å². The maximum absolute atomic E-state index is 11.5. The van der Waals surface area contributed by atoms with Crippen LogP contribution in [0.1, 0.15) is 58.3 Å². The summed E-state index contributed by atoms with van der Waals surface area (Å²) in [6, 6.07) is 0. The highest BCUT2D eigenvalue weighted by molar-refractivity contribution is 5.78. The van der Waals surface area contributed by atoms with Crippen LogP contribution in [0, 0.1) is 11.8 Å². The molecule has 0 aliphatic heterocycles. The Bertz CT molecular complexity index is 185. The molecule has 0 aromatic rings. The van der Waals surface area contributed by atoms with Gasteiger partial charge in [-0.15, -0.1) is 0 Å². The highest BCUT2D eigenvalue weighted by atomic mass is 16.1. The smallest absolute Gasteiger partial charge is 0.222 e. The number of nitrogens with one attached hydrogen (secondary N) is 1. The van der Waals surface area contributed by atoms with Gasteiger partial charge in [0.15, 0.2) is 0 Å². The Hall–Kier alpha value is -0.530. The van der Waals surface area contributed by atoms with Crippen molar-refractivity contribution in [2.75, 3.05) is 7.05 Å². The maximum Gasteiger partial charge on any atom is 0.222 e. The molecule has 0 aromatic carbocycles. The van der Waals surface area contributed by atoms with Crippen molar-refractivity contribution in [2.24, 2.45) is 11.8 Å². The molecule has 1 N–H and O–H groups in total. The third-order valence-electron chi connectivity index (χ3n) is 3.76. The summed E-state index contributed by atoms with van der Waals surface area (Å²) in [5.41, 5.74) is 0. The quantitative estimate of drug-likeness (QED) is 0.743. The third kappa shape index (κ3) is 4.23. The minimum atomic E-state index is 0.230. The molecule has 0 heterocycles. The van der Waals surface area contributed by atoms with Crippen molar-refractivity contribution in [3.63, 3.8) is 0 Å². The first kappa shape index (κ1) is 12.5. The van der Waals surface area contributed by atoms with Crippen LogP contribution in [0.5, 0.6) is 0 Å². The van der Waals surface area contributed by atoms with Crippen molar-refractivity contribution in [3.05, 3.63) is 0 Å². The first-order valence-corrected chi connectivity index (χ1v) is 6.49. The average Bonchev–Trinajstić information content (AvgIpc) is 2.31. The van der Waals surface area contributed by atoms with E-state index in [1.807, 2.05) is 0 Å². The van der Waals surface area contributed by atoms with Gasteiger partial charge in [0.05, 0.1) is 0 Å². The molecular weight excluding hydrogens is 186 g/mol. The van der Waals surface area contributed by atoms with E-state index in [0.29, 0.717) is 0 Å². The lowest BCUT2D eigenvalue weighted by molar-refractivity contribution is -0.124. The summed E-state index contributed by atoms with van der Waals surface area (Å²) < 4.78 is 0. The van der Waals surface area contributed by atoms with Crippen molar-refractivity contribution < 1.29 is 4.79 Å². The Morgan fingerprint density at radius 2 is 2.00 bits per heavy atom. The minimum Gasteiger partial charge on any atom is -0.359 e. The lowest BCUT2D eigenvalue weighted by Crippen LogP contribution is -2.27. The van der Waals surface area contributed by atoms with Crippen molar-refractivity contribution in [1.82, 2.24) is 5.32 Å². The predicted octanol–water partition coefficient (Wildman–Crippen LogP) is 3.12. The fraction of sp³-hybridized carbons (Fsp3) is 0.923. The molecule has 1 unspecified atom stereocenters. The minimum absolute atomic E-state index is 0.230. The number of hydrogen-bond donors (Lipinski definition) is 1. The summed E-state index contributed by atoms with van der Waals surface area (Å²) in [6.45, 7) is 2.11. The molecular formula is C13H25NO. The van der Waals surface area contributed by atoms with Crippen LogP contribution in [0.3, 0.4) is 0 Å². The molecule has 1 atom stereocenters. The van der Waals surface area contributed by atoms with E-state index < -0.39 is 0 Å². The zero-order valence-electron chi connectivity index (χ0n) is 10.2. The lowest BCUT2D eigenvalue weighted by Gasteiger charge is -2.23. The van der Waals surface area contributed by atoms with E-state index >= 15 is 0 Å². The third-order valence-corrected chi connectivity index (χ3v) is 3.76. The Balaban J connectivity index is 2.23. The summed E-state index contributed by atoms with van der Waals surface area (Å²) in [6.07, 6.45) is 10.3. The SMILES string of the molecule is CCC(CCC1CCCCC1)C(=O)NC. The second-order valence-corrected chi connectivity index (χ2v) is 4.80. The number of rotatable bonds is 5. The Labute approximate surface area is 93.8 Å². The molecule has 88 valence electrons. The zero-order chi connectivity index (χ0) is 11.1. The van der Waals surface area contributed by atoms with Crippen molar-refractivity contribution in [2.45, 2.75) is 58.3 Å². The molecule has 1 amide bonds. The zero-order valence-corrected chi connectivity index (χ0v) is 10.2. The largest absolute Gasteiger partial charge is 0.359 e. The Kier molecular flexibility index (Phi) is 5.74. The summed E-state index contributed by atoms with van der Waals surface area (Å²) in [7, 11) is 1.74. The highest BCUT2D eigenvalue weighted by Gasteiger charge is 2.18. The molecule has 0 spiro atoms. The molecule has 1 aliphatic rings. The van der Waals surface area contributed by atoms with Gasteiger partial charge in [-0.2, -0.15) is 0 Å². The van der Waals surface area contributed by atoms with Crippen molar-refractivity contribution >= 4 is 5.91 Å². The molecule has 0 aromatic heterocycles. The first-order chi connectivity index (χ1) is 7.27. The normalized spacial score (nSPS) is 19.9. The maximum atomic E-state index is 11.5. The number of hydrogen-bond acceptors (Lipinski definition) is 1. The molecule has 0 saturated heterocycles. The van der Waals surface area contributed by atoms with Crippen molar-refractivity contribution in [3.8, 4) is 0 Å². The Morgan fingerprint density at radius 3 is 2.53 bits per heavy atom. The van der Waals surface area contributed by atoms with Crippen LogP contribution in [0.25, 0.3) is 0 Å². The number of carbonyl (C=O) groups is 1. The molecule has 1 fully saturated rings. The van der Waals surface area contributed by atoms with Gasteiger partial charge >= 0.3 is 0 Å². The summed E-state index contributed by atoms with van der Waals surface area (Å²) in [5, 5.41) is 2.76. The van der Waals surface area contributed by atoms with Crippen LogP contribution >= 0.6 is 0 Å². The second-order valence-electron chi connectivity index (χ2n) is 4.80. The van der Waals surface area contributed by atoms with Gasteiger partial charge < -0.3 is 5.32 Å². The molecule has 2 heteroatoms. The van der Waals surface area contributed by atoms with E-state index in [2.05, 4.69) is 12.2 Å².